The number of anilines is 1. The van der Waals surface area contributed by atoms with Gasteiger partial charge in [-0.3, -0.25) is 4.79 Å². The summed E-state index contributed by atoms with van der Waals surface area (Å²) in [5, 5.41) is 4.11. The van der Waals surface area contributed by atoms with Crippen molar-refractivity contribution in [2.24, 2.45) is 0 Å². The summed E-state index contributed by atoms with van der Waals surface area (Å²) in [7, 11) is -3.81. The van der Waals surface area contributed by atoms with Gasteiger partial charge in [-0.25, -0.2) is 8.42 Å². The van der Waals surface area contributed by atoms with E-state index in [1.165, 1.54) is 18.2 Å². The fourth-order valence-corrected chi connectivity index (χ4v) is 4.63. The molecule has 1 amide bonds. The summed E-state index contributed by atoms with van der Waals surface area (Å²) in [5.41, 5.74) is -1.02. The third-order valence-electron chi connectivity index (χ3n) is 3.62. The molecule has 0 unspecified atom stereocenters. The van der Waals surface area contributed by atoms with Crippen molar-refractivity contribution in [2.45, 2.75) is 29.0 Å². The van der Waals surface area contributed by atoms with Gasteiger partial charge in [-0.2, -0.15) is 4.72 Å². The van der Waals surface area contributed by atoms with E-state index in [9.17, 15) is 26.4 Å². The molecule has 1 aliphatic rings. The van der Waals surface area contributed by atoms with E-state index in [2.05, 4.69) is 14.8 Å². The summed E-state index contributed by atoms with van der Waals surface area (Å²) in [6.07, 6.45) is -4.14. The maximum Gasteiger partial charge on any atom is 0.573 e. The van der Waals surface area contributed by atoms with Crippen LogP contribution in [-0.2, 0) is 14.8 Å². The number of benzene rings is 1. The lowest BCUT2D eigenvalue weighted by atomic mass is 10.2. The molecular formula is C15H13F3N2O4S2. The van der Waals surface area contributed by atoms with Crippen molar-refractivity contribution in [3.63, 3.8) is 0 Å². The summed E-state index contributed by atoms with van der Waals surface area (Å²) >= 11 is 1.03. The molecule has 0 bridgehead atoms. The maximum atomic E-state index is 12.4. The summed E-state index contributed by atoms with van der Waals surface area (Å²) in [6.45, 7) is 0. The fraction of sp³-hybridized carbons (Fsp3) is 0.267. The number of nitrogens with one attached hydrogen (secondary N) is 2. The van der Waals surface area contributed by atoms with Crippen LogP contribution in [0, 0.1) is 0 Å². The molecule has 6 nitrogen and oxygen atoms in total. The van der Waals surface area contributed by atoms with E-state index in [1.807, 2.05) is 0 Å². The van der Waals surface area contributed by atoms with Gasteiger partial charge >= 0.3 is 6.36 Å². The molecule has 0 atom stereocenters. The first-order chi connectivity index (χ1) is 12.1. The van der Waals surface area contributed by atoms with E-state index in [0.717, 1.165) is 23.5 Å². The van der Waals surface area contributed by atoms with Gasteiger partial charge in [-0.1, -0.05) is 6.07 Å². The first-order valence-electron chi connectivity index (χ1n) is 7.34. The fourth-order valence-electron chi connectivity index (χ4n) is 2.22. The highest BCUT2D eigenvalue weighted by atomic mass is 32.2. The molecule has 1 aliphatic carbocycles. The highest BCUT2D eigenvalue weighted by Crippen LogP contribution is 2.38. The largest absolute Gasteiger partial charge is 0.573 e. The third-order valence-corrected chi connectivity index (χ3v) is 6.55. The first kappa shape index (κ1) is 18.7. The van der Waals surface area contributed by atoms with Gasteiger partial charge in [0, 0.05) is 5.69 Å². The van der Waals surface area contributed by atoms with Crippen LogP contribution < -0.4 is 14.8 Å². The van der Waals surface area contributed by atoms with Gasteiger partial charge in [0.2, 0.25) is 5.91 Å². The van der Waals surface area contributed by atoms with Gasteiger partial charge in [0.25, 0.3) is 10.0 Å². The molecule has 1 aromatic heterocycles. The predicted molar refractivity (Wildman–Crippen MR) is 88.4 cm³/mol. The molecule has 140 valence electrons. The van der Waals surface area contributed by atoms with Crippen molar-refractivity contribution in [2.75, 3.05) is 5.32 Å². The SMILES string of the molecule is O=C(Nc1ccc(OC(F)(F)F)cc1)C1(NS(=O)(=O)c2cccs2)CC1. The smallest absolute Gasteiger partial charge is 0.406 e. The molecule has 3 rings (SSSR count). The number of thiophene rings is 1. The van der Waals surface area contributed by atoms with Crippen LogP contribution in [0.1, 0.15) is 12.8 Å². The second-order valence-corrected chi connectivity index (χ2v) is 8.50. The van der Waals surface area contributed by atoms with Crippen LogP contribution in [0.4, 0.5) is 18.9 Å². The van der Waals surface area contributed by atoms with E-state index < -0.39 is 33.6 Å². The molecule has 0 aliphatic heterocycles. The van der Waals surface area contributed by atoms with Gasteiger partial charge in [0.1, 0.15) is 15.5 Å². The molecular weight excluding hydrogens is 393 g/mol. The lowest BCUT2D eigenvalue weighted by Gasteiger charge is -2.17. The Morgan fingerprint density at radius 1 is 1.15 bits per heavy atom. The zero-order chi connectivity index (χ0) is 19.0. The Balaban J connectivity index is 1.66. The molecule has 1 aromatic carbocycles. The van der Waals surface area contributed by atoms with Crippen LogP contribution in [0.3, 0.4) is 0 Å². The monoisotopic (exact) mass is 406 g/mol. The Kier molecular flexibility index (Phi) is 4.71. The molecule has 1 fully saturated rings. The molecule has 2 N–H and O–H groups in total. The Morgan fingerprint density at radius 3 is 2.31 bits per heavy atom. The van der Waals surface area contributed by atoms with Crippen LogP contribution in [0.25, 0.3) is 0 Å². The minimum absolute atomic E-state index is 0.102. The average Bonchev–Trinajstić information content (AvgIpc) is 3.09. The number of hydrogen-bond acceptors (Lipinski definition) is 5. The maximum absolute atomic E-state index is 12.4. The van der Waals surface area contributed by atoms with Gasteiger partial charge in [0.05, 0.1) is 0 Å². The molecule has 0 radical (unpaired) electrons. The Morgan fingerprint density at radius 2 is 1.81 bits per heavy atom. The quantitative estimate of drug-likeness (QED) is 0.772. The molecule has 0 saturated heterocycles. The summed E-state index contributed by atoms with van der Waals surface area (Å²) in [5.74, 6) is -0.989. The molecule has 26 heavy (non-hydrogen) atoms. The lowest BCUT2D eigenvalue weighted by Crippen LogP contribution is -2.45. The summed E-state index contributed by atoms with van der Waals surface area (Å²) < 4.78 is 67.2. The number of sulfonamides is 1. The van der Waals surface area contributed by atoms with Gasteiger partial charge in [0.15, 0.2) is 0 Å². The van der Waals surface area contributed by atoms with E-state index in [4.69, 9.17) is 0 Å². The van der Waals surface area contributed by atoms with Crippen molar-refractivity contribution < 1.29 is 31.1 Å². The van der Waals surface area contributed by atoms with E-state index in [-0.39, 0.29) is 9.90 Å². The zero-order valence-electron chi connectivity index (χ0n) is 13.0. The van der Waals surface area contributed by atoms with E-state index in [0.29, 0.717) is 12.8 Å². The van der Waals surface area contributed by atoms with Crippen molar-refractivity contribution >= 4 is 33.0 Å². The van der Waals surface area contributed by atoms with Crippen LogP contribution in [0.2, 0.25) is 0 Å². The molecule has 2 aromatic rings. The van der Waals surface area contributed by atoms with Crippen LogP contribution in [-0.4, -0.2) is 26.2 Å². The number of amides is 1. The number of halogens is 3. The minimum atomic E-state index is -4.80. The number of hydrogen-bond donors (Lipinski definition) is 2. The number of ether oxygens (including phenoxy) is 1. The second-order valence-electron chi connectivity index (χ2n) is 5.65. The Bertz CT molecular complexity index is 890. The minimum Gasteiger partial charge on any atom is -0.406 e. The van der Waals surface area contributed by atoms with Crippen molar-refractivity contribution in [1.82, 2.24) is 4.72 Å². The second kappa shape index (κ2) is 6.56. The average molecular weight is 406 g/mol. The van der Waals surface area contributed by atoms with Crippen LogP contribution in [0.15, 0.2) is 46.0 Å². The summed E-state index contributed by atoms with van der Waals surface area (Å²) in [4.78, 5) is 12.4. The highest BCUT2D eigenvalue weighted by molar-refractivity contribution is 7.91. The summed E-state index contributed by atoms with van der Waals surface area (Å²) in [6, 6.07) is 7.60. The van der Waals surface area contributed by atoms with Crippen LogP contribution >= 0.6 is 11.3 Å². The third kappa shape index (κ3) is 4.34. The molecule has 1 heterocycles. The van der Waals surface area contributed by atoms with Gasteiger partial charge < -0.3 is 10.1 Å². The molecule has 11 heteroatoms. The number of carbonyl (C=O) groups excluding carboxylic acids is 1. The Labute approximate surface area is 151 Å². The standard InChI is InChI=1S/C15H13F3N2O4S2/c16-15(17,18)24-11-5-3-10(4-6-11)19-13(21)14(7-8-14)20-26(22,23)12-2-1-9-25-12/h1-6,9,20H,7-8H2,(H,19,21). The topological polar surface area (TPSA) is 84.5 Å². The molecule has 0 spiro atoms. The number of alkyl halides is 3. The van der Waals surface area contributed by atoms with Gasteiger partial charge in [-0.05, 0) is 48.6 Å². The highest BCUT2D eigenvalue weighted by Gasteiger charge is 2.53. The number of carbonyl (C=O) groups is 1. The van der Waals surface area contributed by atoms with Gasteiger partial charge in [-0.15, -0.1) is 24.5 Å². The van der Waals surface area contributed by atoms with Crippen LogP contribution in [0.5, 0.6) is 5.75 Å². The van der Waals surface area contributed by atoms with Crippen molar-refractivity contribution in [3.05, 3.63) is 41.8 Å². The van der Waals surface area contributed by atoms with E-state index >= 15 is 0 Å². The predicted octanol–water partition coefficient (Wildman–Crippen LogP) is 3.10. The molecule has 1 saturated carbocycles. The lowest BCUT2D eigenvalue weighted by molar-refractivity contribution is -0.274. The van der Waals surface area contributed by atoms with Crippen molar-refractivity contribution in [1.29, 1.82) is 0 Å². The van der Waals surface area contributed by atoms with E-state index in [1.54, 1.807) is 11.4 Å². The zero-order valence-corrected chi connectivity index (χ0v) is 14.7. The Hall–Kier alpha value is -2.11. The normalized spacial score (nSPS) is 16.1. The number of rotatable bonds is 6. The van der Waals surface area contributed by atoms with Crippen molar-refractivity contribution in [3.8, 4) is 5.75 Å². The first-order valence-corrected chi connectivity index (χ1v) is 9.71.